The van der Waals surface area contributed by atoms with Gasteiger partial charge in [0.25, 0.3) is 10.1 Å². The second-order valence-corrected chi connectivity index (χ2v) is 7.60. The van der Waals surface area contributed by atoms with E-state index >= 15 is 0 Å². The Morgan fingerprint density at radius 1 is 1.26 bits per heavy atom. The number of benzene rings is 1. The van der Waals surface area contributed by atoms with Crippen LogP contribution in [-0.2, 0) is 19.0 Å². The van der Waals surface area contributed by atoms with Crippen LogP contribution in [-0.4, -0.2) is 33.0 Å². The second kappa shape index (κ2) is 8.12. The summed E-state index contributed by atoms with van der Waals surface area (Å²) in [6, 6.07) is 8.81. The summed E-state index contributed by atoms with van der Waals surface area (Å²) in [7, 11) is -3.50. The first-order valence-electron chi connectivity index (χ1n) is 7.12. The molecule has 0 aliphatic heterocycles. The van der Waals surface area contributed by atoms with Crippen LogP contribution in [0.2, 0.25) is 0 Å². The number of carbonyl (C=O) groups excluding carboxylic acids is 1. The minimum Gasteiger partial charge on any atom is -0.444 e. The van der Waals surface area contributed by atoms with Crippen molar-refractivity contribution in [2.75, 3.05) is 12.9 Å². The van der Waals surface area contributed by atoms with Gasteiger partial charge in [-0.3, -0.25) is 4.18 Å². The molecule has 0 aromatic heterocycles. The standard InChI is InChI=1S/C16H23NO5S/c1-16(2,3)22-15(18)17-14(13-9-6-5-7-10-13)11-8-12-21-23(4,19)20/h5-11,14H,12H2,1-4H3,(H,17,18)/b11-8+/t14-/m0/s1. The van der Waals surface area contributed by atoms with Crippen molar-refractivity contribution in [1.82, 2.24) is 5.32 Å². The van der Waals surface area contributed by atoms with E-state index < -0.39 is 27.9 Å². The van der Waals surface area contributed by atoms with Crippen molar-refractivity contribution in [1.29, 1.82) is 0 Å². The van der Waals surface area contributed by atoms with E-state index in [0.717, 1.165) is 11.8 Å². The topological polar surface area (TPSA) is 81.7 Å². The zero-order chi connectivity index (χ0) is 17.5. The first kappa shape index (κ1) is 19.2. The number of ether oxygens (including phenoxy) is 1. The first-order valence-corrected chi connectivity index (χ1v) is 8.94. The second-order valence-electron chi connectivity index (χ2n) is 5.95. The van der Waals surface area contributed by atoms with Crippen molar-refractivity contribution in [3.05, 3.63) is 48.0 Å². The zero-order valence-corrected chi connectivity index (χ0v) is 14.6. The van der Waals surface area contributed by atoms with E-state index in [1.54, 1.807) is 26.8 Å². The number of nitrogens with one attached hydrogen (secondary N) is 1. The fourth-order valence-electron chi connectivity index (χ4n) is 1.69. The highest BCUT2D eigenvalue weighted by atomic mass is 32.2. The number of hydrogen-bond acceptors (Lipinski definition) is 5. The summed E-state index contributed by atoms with van der Waals surface area (Å²) < 4.78 is 31.8. The summed E-state index contributed by atoms with van der Waals surface area (Å²) in [5, 5.41) is 2.73. The highest BCUT2D eigenvalue weighted by molar-refractivity contribution is 7.85. The fraction of sp³-hybridized carbons (Fsp3) is 0.438. The molecule has 6 nitrogen and oxygen atoms in total. The Hall–Kier alpha value is -1.86. The third-order valence-corrected chi connectivity index (χ3v) is 3.10. The third-order valence-electron chi connectivity index (χ3n) is 2.54. The van der Waals surface area contributed by atoms with Gasteiger partial charge in [0.1, 0.15) is 5.60 Å². The van der Waals surface area contributed by atoms with Crippen LogP contribution < -0.4 is 5.32 Å². The van der Waals surface area contributed by atoms with Gasteiger partial charge in [-0.15, -0.1) is 0 Å². The van der Waals surface area contributed by atoms with Crippen LogP contribution >= 0.6 is 0 Å². The molecule has 1 atom stereocenters. The van der Waals surface area contributed by atoms with Gasteiger partial charge in [-0.25, -0.2) is 4.79 Å². The predicted octanol–water partition coefficient (Wildman–Crippen LogP) is 2.78. The largest absolute Gasteiger partial charge is 0.444 e. The molecule has 1 aromatic carbocycles. The van der Waals surface area contributed by atoms with Crippen LogP contribution in [0.15, 0.2) is 42.5 Å². The molecule has 0 saturated heterocycles. The molecule has 128 valence electrons. The van der Waals surface area contributed by atoms with E-state index in [1.165, 1.54) is 6.08 Å². The lowest BCUT2D eigenvalue weighted by molar-refractivity contribution is 0.0513. The summed E-state index contributed by atoms with van der Waals surface area (Å²) in [6.07, 6.45) is 3.62. The van der Waals surface area contributed by atoms with Crippen LogP contribution in [0, 0.1) is 0 Å². The van der Waals surface area contributed by atoms with Gasteiger partial charge in [-0.05, 0) is 26.3 Å². The summed E-state index contributed by atoms with van der Waals surface area (Å²) in [5.74, 6) is 0. The van der Waals surface area contributed by atoms with Crippen LogP contribution in [0.5, 0.6) is 0 Å². The molecule has 0 bridgehead atoms. The summed E-state index contributed by atoms with van der Waals surface area (Å²) in [5.41, 5.74) is 0.239. The van der Waals surface area contributed by atoms with Gasteiger partial charge in [-0.1, -0.05) is 42.5 Å². The highest BCUT2D eigenvalue weighted by Crippen LogP contribution is 2.16. The van der Waals surface area contributed by atoms with Crippen molar-refractivity contribution in [2.45, 2.75) is 32.4 Å². The molecular formula is C16H23NO5S. The summed E-state index contributed by atoms with van der Waals surface area (Å²) >= 11 is 0. The maximum Gasteiger partial charge on any atom is 0.408 e. The maximum absolute atomic E-state index is 11.9. The Kier molecular flexibility index (Phi) is 6.78. The number of hydrogen-bond donors (Lipinski definition) is 1. The van der Waals surface area contributed by atoms with Crippen LogP contribution in [0.1, 0.15) is 32.4 Å². The van der Waals surface area contributed by atoms with Crippen molar-refractivity contribution in [3.63, 3.8) is 0 Å². The van der Waals surface area contributed by atoms with E-state index in [9.17, 15) is 13.2 Å². The predicted molar refractivity (Wildman–Crippen MR) is 88.5 cm³/mol. The minimum absolute atomic E-state index is 0.0990. The van der Waals surface area contributed by atoms with E-state index in [0.29, 0.717) is 0 Å². The Balaban J connectivity index is 2.78. The molecule has 0 heterocycles. The molecule has 1 aromatic rings. The number of alkyl carbamates (subject to hydrolysis) is 1. The first-order chi connectivity index (χ1) is 10.6. The lowest BCUT2D eigenvalue weighted by atomic mass is 10.1. The van der Waals surface area contributed by atoms with Gasteiger partial charge in [-0.2, -0.15) is 8.42 Å². The van der Waals surface area contributed by atoms with E-state index in [1.807, 2.05) is 30.3 Å². The van der Waals surface area contributed by atoms with E-state index in [2.05, 4.69) is 9.50 Å². The third kappa shape index (κ3) is 9.00. The van der Waals surface area contributed by atoms with E-state index in [4.69, 9.17) is 4.74 Å². The molecule has 1 N–H and O–H groups in total. The molecule has 0 radical (unpaired) electrons. The zero-order valence-electron chi connectivity index (χ0n) is 13.8. The molecule has 0 fully saturated rings. The van der Waals surface area contributed by atoms with Gasteiger partial charge in [0.15, 0.2) is 0 Å². The van der Waals surface area contributed by atoms with Crippen molar-refractivity contribution in [2.24, 2.45) is 0 Å². The van der Waals surface area contributed by atoms with Crippen molar-refractivity contribution >= 4 is 16.2 Å². The molecule has 0 aliphatic carbocycles. The number of rotatable bonds is 6. The monoisotopic (exact) mass is 341 g/mol. The van der Waals surface area contributed by atoms with Crippen LogP contribution in [0.3, 0.4) is 0 Å². The van der Waals surface area contributed by atoms with Crippen LogP contribution in [0.25, 0.3) is 0 Å². The SMILES string of the molecule is CC(C)(C)OC(=O)N[C@@H](/C=C/COS(C)(=O)=O)c1ccccc1. The Morgan fingerprint density at radius 3 is 2.39 bits per heavy atom. The van der Waals surface area contributed by atoms with Gasteiger partial charge in [0, 0.05) is 0 Å². The summed E-state index contributed by atoms with van der Waals surface area (Å²) in [6.45, 7) is 5.23. The summed E-state index contributed by atoms with van der Waals surface area (Å²) in [4.78, 5) is 11.9. The quantitative estimate of drug-likeness (QED) is 0.635. The fourth-order valence-corrected chi connectivity index (χ4v) is 2.02. The molecule has 0 spiro atoms. The smallest absolute Gasteiger partial charge is 0.408 e. The van der Waals surface area contributed by atoms with Crippen LogP contribution in [0.4, 0.5) is 4.79 Å². The highest BCUT2D eigenvalue weighted by Gasteiger charge is 2.19. The van der Waals surface area contributed by atoms with Gasteiger partial charge >= 0.3 is 6.09 Å². The molecule has 0 unspecified atom stereocenters. The Labute approximate surface area is 137 Å². The average molecular weight is 341 g/mol. The molecule has 1 rings (SSSR count). The van der Waals surface area contributed by atoms with Crippen molar-refractivity contribution in [3.8, 4) is 0 Å². The normalized spacial score (nSPS) is 13.7. The van der Waals surface area contributed by atoms with Gasteiger partial charge in [0.2, 0.25) is 0 Å². The van der Waals surface area contributed by atoms with E-state index in [-0.39, 0.29) is 6.61 Å². The molecule has 0 aliphatic rings. The molecular weight excluding hydrogens is 318 g/mol. The van der Waals surface area contributed by atoms with Crippen molar-refractivity contribution < 1.29 is 22.1 Å². The average Bonchev–Trinajstić information content (AvgIpc) is 2.40. The van der Waals surface area contributed by atoms with Gasteiger partial charge < -0.3 is 10.1 Å². The molecule has 7 heteroatoms. The van der Waals surface area contributed by atoms with Gasteiger partial charge in [0.05, 0.1) is 18.9 Å². The maximum atomic E-state index is 11.9. The molecule has 23 heavy (non-hydrogen) atoms. The molecule has 0 saturated carbocycles. The Bertz CT molecular complexity index is 632. The number of carbonyl (C=O) groups is 1. The molecule has 1 amide bonds. The lowest BCUT2D eigenvalue weighted by Gasteiger charge is -2.22. The Morgan fingerprint density at radius 2 is 1.87 bits per heavy atom. The number of amides is 1. The minimum atomic E-state index is -3.50. The lowest BCUT2D eigenvalue weighted by Crippen LogP contribution is -2.34.